The van der Waals surface area contributed by atoms with E-state index in [0.29, 0.717) is 11.8 Å². The van der Waals surface area contributed by atoms with Crippen molar-refractivity contribution >= 4 is 16.6 Å². The average molecular weight is 497 g/mol. The summed E-state index contributed by atoms with van der Waals surface area (Å²) < 4.78 is 27.6. The molecule has 4 aliphatic carbocycles. The SMILES string of the molecule is CO[C@@]12C[C@@H]3C[C@H]4C[C@@H](O[Si](C)(C)C(C)(C)C)[C@@](CO[Si](C)(C)C(C)(C)C)(C3)[C@]41CCCO2. The Kier molecular flexibility index (Phi) is 6.29. The molecule has 0 radical (unpaired) electrons. The first-order valence-electron chi connectivity index (χ1n) is 13.5. The molecule has 4 saturated carbocycles. The Morgan fingerprint density at radius 3 is 2.12 bits per heavy atom. The smallest absolute Gasteiger partial charge is 0.192 e. The van der Waals surface area contributed by atoms with Gasteiger partial charge in [0.15, 0.2) is 22.4 Å². The second-order valence-corrected chi connectivity index (χ2v) is 24.5. The molecule has 1 saturated heterocycles. The Bertz CT molecular complexity index is 754. The van der Waals surface area contributed by atoms with E-state index in [0.717, 1.165) is 32.5 Å². The molecule has 6 heteroatoms. The van der Waals surface area contributed by atoms with Crippen LogP contribution in [0.15, 0.2) is 0 Å². The van der Waals surface area contributed by atoms with Crippen LogP contribution >= 0.6 is 0 Å². The molecule has 1 heterocycles. The van der Waals surface area contributed by atoms with E-state index in [1.165, 1.54) is 19.3 Å². The van der Waals surface area contributed by atoms with Crippen molar-refractivity contribution in [1.82, 2.24) is 0 Å². The van der Waals surface area contributed by atoms with Gasteiger partial charge in [-0.3, -0.25) is 0 Å². The molecule has 6 atom stereocenters. The standard InChI is InChI=1S/C27H52O4Si2/c1-23(2,3)32(8,9)30-19-25-17-20-15-21(16-22(25)31-33(10,11)24(4,5)6)26(25)13-12-14-29-27(26,18-20)28-7/h20-22H,12-19H2,1-11H3/t20-,21+,22-,25+,26+,27-/m1/s1. The molecule has 0 aromatic carbocycles. The van der Waals surface area contributed by atoms with Crippen LogP contribution in [0, 0.1) is 22.7 Å². The van der Waals surface area contributed by atoms with Gasteiger partial charge in [0.25, 0.3) is 0 Å². The summed E-state index contributed by atoms with van der Waals surface area (Å²) in [7, 11) is -1.94. The maximum atomic E-state index is 7.38. The second kappa shape index (κ2) is 7.88. The molecular formula is C27H52O4Si2. The number of ether oxygens (including phenoxy) is 2. The number of hydrogen-bond acceptors (Lipinski definition) is 4. The van der Waals surface area contributed by atoms with E-state index >= 15 is 0 Å². The van der Waals surface area contributed by atoms with Crippen molar-refractivity contribution in [1.29, 1.82) is 0 Å². The predicted molar refractivity (Wildman–Crippen MR) is 140 cm³/mol. The molecule has 5 fully saturated rings. The zero-order valence-electron chi connectivity index (χ0n) is 23.5. The van der Waals surface area contributed by atoms with Crippen molar-refractivity contribution in [3.8, 4) is 0 Å². The monoisotopic (exact) mass is 496 g/mol. The van der Waals surface area contributed by atoms with Gasteiger partial charge in [-0.05, 0) is 80.2 Å². The first-order valence-corrected chi connectivity index (χ1v) is 19.3. The summed E-state index contributed by atoms with van der Waals surface area (Å²) in [4.78, 5) is 0. The van der Waals surface area contributed by atoms with Crippen LogP contribution in [0.25, 0.3) is 0 Å². The van der Waals surface area contributed by atoms with Crippen molar-refractivity contribution in [2.45, 2.75) is 128 Å². The van der Waals surface area contributed by atoms with Crippen LogP contribution in [0.1, 0.15) is 80.1 Å². The number of hydrogen-bond donors (Lipinski definition) is 0. The van der Waals surface area contributed by atoms with Gasteiger partial charge in [0.05, 0.1) is 12.7 Å². The van der Waals surface area contributed by atoms with Gasteiger partial charge in [0.2, 0.25) is 0 Å². The summed E-state index contributed by atoms with van der Waals surface area (Å²) in [5.74, 6) is 0.799. The van der Waals surface area contributed by atoms with Crippen LogP contribution < -0.4 is 0 Å². The summed E-state index contributed by atoms with van der Waals surface area (Å²) in [5.41, 5.74) is -0.00253. The lowest BCUT2D eigenvalue weighted by Gasteiger charge is -2.69. The van der Waals surface area contributed by atoms with Crippen molar-refractivity contribution in [2.24, 2.45) is 22.7 Å². The van der Waals surface area contributed by atoms with Crippen molar-refractivity contribution in [3.63, 3.8) is 0 Å². The van der Waals surface area contributed by atoms with Crippen molar-refractivity contribution < 1.29 is 18.3 Å². The highest BCUT2D eigenvalue weighted by atomic mass is 28.4. The summed E-state index contributed by atoms with van der Waals surface area (Å²) in [6, 6.07) is 0. The molecule has 5 aliphatic rings. The highest BCUT2D eigenvalue weighted by Crippen LogP contribution is 2.78. The van der Waals surface area contributed by atoms with E-state index in [1.807, 2.05) is 7.11 Å². The third-order valence-electron chi connectivity index (χ3n) is 11.3. The molecule has 5 rings (SSSR count). The minimum absolute atomic E-state index is 0.0111. The molecule has 33 heavy (non-hydrogen) atoms. The minimum Gasteiger partial charge on any atom is -0.416 e. The Labute approximate surface area is 206 Å². The summed E-state index contributed by atoms with van der Waals surface area (Å²) in [6.07, 6.45) is 7.29. The van der Waals surface area contributed by atoms with Crippen molar-refractivity contribution in [2.75, 3.05) is 20.3 Å². The van der Waals surface area contributed by atoms with E-state index in [-0.39, 0.29) is 27.0 Å². The van der Waals surface area contributed by atoms with Gasteiger partial charge in [-0.1, -0.05) is 41.5 Å². The molecule has 192 valence electrons. The van der Waals surface area contributed by atoms with E-state index < -0.39 is 22.4 Å². The van der Waals surface area contributed by atoms with Gasteiger partial charge in [0.1, 0.15) is 0 Å². The van der Waals surface area contributed by atoms with E-state index in [9.17, 15) is 0 Å². The van der Waals surface area contributed by atoms with Gasteiger partial charge in [-0.15, -0.1) is 0 Å². The van der Waals surface area contributed by atoms with Crippen LogP contribution in [-0.2, 0) is 18.3 Å². The third kappa shape index (κ3) is 3.63. The van der Waals surface area contributed by atoms with Crippen molar-refractivity contribution in [3.05, 3.63) is 0 Å². The predicted octanol–water partition coefficient (Wildman–Crippen LogP) is 7.36. The Balaban J connectivity index is 1.80. The quantitative estimate of drug-likeness (QED) is 0.360. The van der Waals surface area contributed by atoms with Crippen LogP contribution in [0.3, 0.4) is 0 Å². The molecule has 0 aromatic rings. The zero-order valence-corrected chi connectivity index (χ0v) is 25.5. The normalized spacial score (nSPS) is 41.4. The fourth-order valence-corrected chi connectivity index (χ4v) is 10.1. The lowest BCUT2D eigenvalue weighted by atomic mass is 9.42. The Morgan fingerprint density at radius 1 is 0.909 bits per heavy atom. The fraction of sp³-hybridized carbons (Fsp3) is 1.00. The van der Waals surface area contributed by atoms with Gasteiger partial charge in [0, 0.05) is 31.0 Å². The van der Waals surface area contributed by atoms with Gasteiger partial charge >= 0.3 is 0 Å². The van der Waals surface area contributed by atoms with Crippen LogP contribution in [0.4, 0.5) is 0 Å². The van der Waals surface area contributed by atoms with E-state index in [2.05, 4.69) is 67.7 Å². The van der Waals surface area contributed by atoms with E-state index in [1.54, 1.807) is 0 Å². The summed E-state index contributed by atoms with van der Waals surface area (Å²) in [5, 5.41) is 0.396. The summed E-state index contributed by atoms with van der Waals surface area (Å²) in [6.45, 7) is 25.5. The lowest BCUT2D eigenvalue weighted by molar-refractivity contribution is -0.391. The number of rotatable bonds is 6. The molecule has 0 amide bonds. The fourth-order valence-electron chi connectivity index (χ4n) is 7.64. The molecule has 0 unspecified atom stereocenters. The molecular weight excluding hydrogens is 444 g/mol. The lowest BCUT2D eigenvalue weighted by Crippen LogP contribution is -2.72. The average Bonchev–Trinajstić information content (AvgIpc) is 2.83. The van der Waals surface area contributed by atoms with Gasteiger partial charge in [-0.2, -0.15) is 0 Å². The van der Waals surface area contributed by atoms with E-state index in [4.69, 9.17) is 18.3 Å². The molecule has 1 spiro atoms. The first-order chi connectivity index (χ1) is 15.0. The Hall–Kier alpha value is 0.274. The third-order valence-corrected chi connectivity index (χ3v) is 20.3. The van der Waals surface area contributed by atoms with Crippen LogP contribution in [0.5, 0.6) is 0 Å². The zero-order chi connectivity index (χ0) is 24.7. The highest BCUT2D eigenvalue weighted by Gasteiger charge is 2.80. The molecule has 4 bridgehead atoms. The molecule has 0 aromatic heterocycles. The molecule has 1 aliphatic heterocycles. The van der Waals surface area contributed by atoms with Gasteiger partial charge in [-0.25, -0.2) is 0 Å². The number of methoxy groups -OCH3 is 1. The summed E-state index contributed by atoms with van der Waals surface area (Å²) >= 11 is 0. The second-order valence-electron chi connectivity index (χ2n) is 14.9. The minimum atomic E-state index is -1.94. The largest absolute Gasteiger partial charge is 0.416 e. The molecule has 4 nitrogen and oxygen atoms in total. The maximum absolute atomic E-state index is 7.38. The van der Waals surface area contributed by atoms with Gasteiger partial charge < -0.3 is 18.3 Å². The first kappa shape index (κ1) is 26.3. The molecule has 0 N–H and O–H groups in total. The Morgan fingerprint density at radius 2 is 1.55 bits per heavy atom. The van der Waals surface area contributed by atoms with Crippen LogP contribution in [-0.4, -0.2) is 48.8 Å². The highest BCUT2D eigenvalue weighted by molar-refractivity contribution is 6.74. The van der Waals surface area contributed by atoms with Crippen LogP contribution in [0.2, 0.25) is 36.3 Å². The topological polar surface area (TPSA) is 36.9 Å². The maximum Gasteiger partial charge on any atom is 0.192 e.